The highest BCUT2D eigenvalue weighted by Gasteiger charge is 2.25. The zero-order valence-corrected chi connectivity index (χ0v) is 14.4. The summed E-state index contributed by atoms with van der Waals surface area (Å²) in [5.41, 5.74) is 1.08. The van der Waals surface area contributed by atoms with Gasteiger partial charge in [-0.1, -0.05) is 0 Å². The summed E-state index contributed by atoms with van der Waals surface area (Å²) in [4.78, 5) is 12.0. The number of anilines is 1. The van der Waals surface area contributed by atoms with Crippen molar-refractivity contribution in [2.75, 3.05) is 31.3 Å². The summed E-state index contributed by atoms with van der Waals surface area (Å²) in [5.74, 6) is -0.277. The van der Waals surface area contributed by atoms with E-state index in [1.807, 2.05) is 6.07 Å². The van der Waals surface area contributed by atoms with Crippen LogP contribution in [-0.4, -0.2) is 50.7 Å². The fourth-order valence-corrected chi connectivity index (χ4v) is 3.35. The summed E-state index contributed by atoms with van der Waals surface area (Å²) in [5, 5.41) is 11.4. The third-order valence-corrected chi connectivity index (χ3v) is 5.06. The van der Waals surface area contributed by atoms with Gasteiger partial charge in [-0.05, 0) is 37.1 Å². The third-order valence-electron chi connectivity index (χ3n) is 3.79. The Bertz CT molecular complexity index is 704. The molecule has 8 heteroatoms. The molecule has 1 heterocycles. The molecular weight excluding hydrogens is 330 g/mol. The van der Waals surface area contributed by atoms with Crippen LogP contribution >= 0.6 is 0 Å². The van der Waals surface area contributed by atoms with Crippen molar-refractivity contribution in [1.82, 2.24) is 4.31 Å². The molecule has 0 radical (unpaired) electrons. The lowest BCUT2D eigenvalue weighted by molar-refractivity contribution is -0.116. The molecule has 1 atom stereocenters. The van der Waals surface area contributed by atoms with E-state index in [1.165, 1.54) is 4.31 Å². The van der Waals surface area contributed by atoms with Crippen LogP contribution in [0.4, 0.5) is 5.69 Å². The third kappa shape index (κ3) is 5.60. The summed E-state index contributed by atoms with van der Waals surface area (Å²) in [6, 6.07) is 8.49. The largest absolute Gasteiger partial charge is 0.377 e. The number of nitrogens with zero attached hydrogens (tertiary/aromatic N) is 2. The van der Waals surface area contributed by atoms with Crippen molar-refractivity contribution in [2.45, 2.75) is 25.4 Å². The Balaban J connectivity index is 1.87. The first-order valence-electron chi connectivity index (χ1n) is 7.75. The standard InChI is InChI=1S/C16H21N3O4S/c1-24(21,22)19(12-15-3-2-10-23-15)9-8-16(20)18-14-6-4-13(11-17)5-7-14/h4-7,15H,2-3,8-10,12H2,1H3,(H,18,20). The summed E-state index contributed by atoms with van der Waals surface area (Å²) >= 11 is 0. The highest BCUT2D eigenvalue weighted by atomic mass is 32.2. The molecule has 1 aliphatic rings. The molecule has 1 aromatic carbocycles. The lowest BCUT2D eigenvalue weighted by Crippen LogP contribution is -2.38. The van der Waals surface area contributed by atoms with Gasteiger partial charge in [0.05, 0.1) is 24.0 Å². The minimum atomic E-state index is -3.39. The van der Waals surface area contributed by atoms with Crippen molar-refractivity contribution < 1.29 is 17.9 Å². The summed E-state index contributed by atoms with van der Waals surface area (Å²) in [7, 11) is -3.39. The Morgan fingerprint density at radius 3 is 2.67 bits per heavy atom. The molecule has 1 aliphatic heterocycles. The summed E-state index contributed by atoms with van der Waals surface area (Å²) in [6.45, 7) is 1.05. The minimum Gasteiger partial charge on any atom is -0.377 e. The minimum absolute atomic E-state index is 0.0553. The molecule has 0 spiro atoms. The molecule has 1 aromatic rings. The number of hydrogen-bond donors (Lipinski definition) is 1. The summed E-state index contributed by atoms with van der Waals surface area (Å²) < 4.78 is 30.5. The van der Waals surface area contributed by atoms with E-state index in [2.05, 4.69) is 5.32 Å². The second-order valence-corrected chi connectivity index (χ2v) is 7.73. The zero-order valence-electron chi connectivity index (χ0n) is 13.6. The number of ether oxygens (including phenoxy) is 1. The van der Waals surface area contributed by atoms with Crippen molar-refractivity contribution in [3.8, 4) is 6.07 Å². The van der Waals surface area contributed by atoms with Crippen LogP contribution < -0.4 is 5.32 Å². The molecule has 0 aliphatic carbocycles. The fraction of sp³-hybridized carbons (Fsp3) is 0.500. The van der Waals surface area contributed by atoms with Gasteiger partial charge in [-0.3, -0.25) is 4.79 Å². The van der Waals surface area contributed by atoms with E-state index in [-0.39, 0.29) is 31.5 Å². The average Bonchev–Trinajstić information content (AvgIpc) is 3.04. The molecule has 1 amide bonds. The average molecular weight is 351 g/mol. The van der Waals surface area contributed by atoms with Gasteiger partial charge >= 0.3 is 0 Å². The van der Waals surface area contributed by atoms with Gasteiger partial charge in [0.2, 0.25) is 15.9 Å². The number of carbonyl (C=O) groups excluding carboxylic acids is 1. The van der Waals surface area contributed by atoms with Gasteiger partial charge in [-0.25, -0.2) is 8.42 Å². The molecule has 7 nitrogen and oxygen atoms in total. The van der Waals surface area contributed by atoms with Crippen LogP contribution in [0.5, 0.6) is 0 Å². The van der Waals surface area contributed by atoms with Crippen LogP contribution in [0.25, 0.3) is 0 Å². The van der Waals surface area contributed by atoms with Gasteiger partial charge in [0.1, 0.15) is 0 Å². The quantitative estimate of drug-likeness (QED) is 0.799. The maximum atomic E-state index is 12.0. The van der Waals surface area contributed by atoms with Gasteiger partial charge in [-0.15, -0.1) is 0 Å². The molecule has 24 heavy (non-hydrogen) atoms. The van der Waals surface area contributed by atoms with E-state index in [0.29, 0.717) is 17.9 Å². The van der Waals surface area contributed by atoms with Gasteiger partial charge in [0.15, 0.2) is 0 Å². The van der Waals surface area contributed by atoms with E-state index >= 15 is 0 Å². The lowest BCUT2D eigenvalue weighted by Gasteiger charge is -2.22. The van der Waals surface area contributed by atoms with Crippen LogP contribution in [0, 0.1) is 11.3 Å². The number of nitriles is 1. The Morgan fingerprint density at radius 2 is 2.12 bits per heavy atom. The van der Waals surface area contributed by atoms with Crippen molar-refractivity contribution in [3.05, 3.63) is 29.8 Å². The Morgan fingerprint density at radius 1 is 1.42 bits per heavy atom. The Kier molecular flexibility index (Phi) is 6.31. The SMILES string of the molecule is CS(=O)(=O)N(CCC(=O)Nc1ccc(C#N)cc1)CC1CCCO1. The van der Waals surface area contributed by atoms with Gasteiger partial charge < -0.3 is 10.1 Å². The molecule has 1 saturated heterocycles. The van der Waals surface area contributed by atoms with E-state index in [0.717, 1.165) is 19.1 Å². The molecule has 1 fully saturated rings. The van der Waals surface area contributed by atoms with E-state index in [1.54, 1.807) is 24.3 Å². The number of sulfonamides is 1. The van der Waals surface area contributed by atoms with Gasteiger partial charge in [0.25, 0.3) is 0 Å². The molecule has 1 unspecified atom stereocenters. The first-order chi connectivity index (χ1) is 11.4. The molecule has 2 rings (SSSR count). The first-order valence-corrected chi connectivity index (χ1v) is 9.60. The van der Waals surface area contributed by atoms with E-state index in [9.17, 15) is 13.2 Å². The number of rotatable bonds is 7. The van der Waals surface area contributed by atoms with Crippen molar-refractivity contribution >= 4 is 21.6 Å². The normalized spacial score (nSPS) is 17.6. The van der Waals surface area contributed by atoms with Crippen molar-refractivity contribution in [2.24, 2.45) is 0 Å². The predicted molar refractivity (Wildman–Crippen MR) is 89.8 cm³/mol. The van der Waals surface area contributed by atoms with Gasteiger partial charge in [-0.2, -0.15) is 9.57 Å². The Hall–Kier alpha value is -1.95. The van der Waals surface area contributed by atoms with Gasteiger partial charge in [0, 0.05) is 31.8 Å². The van der Waals surface area contributed by atoms with Crippen LogP contribution in [0.3, 0.4) is 0 Å². The van der Waals surface area contributed by atoms with E-state index in [4.69, 9.17) is 10.00 Å². The van der Waals surface area contributed by atoms with Crippen LogP contribution in [-0.2, 0) is 19.6 Å². The van der Waals surface area contributed by atoms with Crippen LogP contribution in [0.1, 0.15) is 24.8 Å². The summed E-state index contributed by atoms with van der Waals surface area (Å²) in [6.07, 6.45) is 2.87. The second-order valence-electron chi connectivity index (χ2n) is 5.74. The molecule has 0 bridgehead atoms. The molecule has 1 N–H and O–H groups in total. The molecule has 130 valence electrons. The van der Waals surface area contributed by atoms with E-state index < -0.39 is 10.0 Å². The first kappa shape index (κ1) is 18.4. The van der Waals surface area contributed by atoms with Crippen LogP contribution in [0.15, 0.2) is 24.3 Å². The number of carbonyl (C=O) groups is 1. The fourth-order valence-electron chi connectivity index (χ4n) is 2.49. The topological polar surface area (TPSA) is 99.5 Å². The Labute approximate surface area is 142 Å². The number of benzene rings is 1. The second kappa shape index (κ2) is 8.24. The maximum absolute atomic E-state index is 12.0. The smallest absolute Gasteiger partial charge is 0.225 e. The zero-order chi connectivity index (χ0) is 17.6. The number of hydrogen-bond acceptors (Lipinski definition) is 5. The molecule has 0 saturated carbocycles. The number of nitrogens with one attached hydrogen (secondary N) is 1. The highest BCUT2D eigenvalue weighted by Crippen LogP contribution is 2.15. The molecular formula is C16H21N3O4S. The van der Waals surface area contributed by atoms with Crippen molar-refractivity contribution in [3.63, 3.8) is 0 Å². The lowest BCUT2D eigenvalue weighted by atomic mass is 10.2. The highest BCUT2D eigenvalue weighted by molar-refractivity contribution is 7.88. The molecule has 0 aromatic heterocycles. The maximum Gasteiger partial charge on any atom is 0.225 e. The van der Waals surface area contributed by atoms with Crippen LogP contribution in [0.2, 0.25) is 0 Å². The monoisotopic (exact) mass is 351 g/mol. The number of amides is 1. The predicted octanol–water partition coefficient (Wildman–Crippen LogP) is 1.33. The van der Waals surface area contributed by atoms with Crippen molar-refractivity contribution in [1.29, 1.82) is 5.26 Å².